The van der Waals surface area contributed by atoms with E-state index in [-0.39, 0.29) is 23.2 Å². The van der Waals surface area contributed by atoms with Gasteiger partial charge in [0.05, 0.1) is 29.5 Å². The third-order valence-corrected chi connectivity index (χ3v) is 4.42. The highest BCUT2D eigenvalue weighted by Crippen LogP contribution is 2.39. The second-order valence-corrected chi connectivity index (χ2v) is 6.44. The lowest BCUT2D eigenvalue weighted by atomic mass is 10.00. The Hall–Kier alpha value is -3.95. The maximum atomic E-state index is 13.7. The van der Waals surface area contributed by atoms with Gasteiger partial charge in [0.2, 0.25) is 0 Å². The Morgan fingerprint density at radius 3 is 2.67 bits per heavy atom. The summed E-state index contributed by atoms with van der Waals surface area (Å²) >= 11 is 0. The molecule has 4 rings (SSSR count). The van der Waals surface area contributed by atoms with Crippen LogP contribution >= 0.6 is 0 Å². The highest BCUT2D eigenvalue weighted by molar-refractivity contribution is 5.99. The molecule has 0 spiro atoms. The van der Waals surface area contributed by atoms with Gasteiger partial charge in [0.15, 0.2) is 0 Å². The molecule has 3 aromatic heterocycles. The molecule has 0 unspecified atom stereocenters. The maximum Gasteiger partial charge on any atom is 0.418 e. The first-order valence-corrected chi connectivity index (χ1v) is 8.75. The van der Waals surface area contributed by atoms with Gasteiger partial charge >= 0.3 is 6.18 Å². The minimum atomic E-state index is -4.75. The fourth-order valence-corrected chi connectivity index (χ4v) is 2.98. The van der Waals surface area contributed by atoms with E-state index in [1.165, 1.54) is 18.5 Å². The number of aromatic hydroxyl groups is 1. The van der Waals surface area contributed by atoms with Crippen LogP contribution in [0, 0.1) is 0 Å². The van der Waals surface area contributed by atoms with Gasteiger partial charge in [-0.25, -0.2) is 4.98 Å². The van der Waals surface area contributed by atoms with E-state index < -0.39 is 28.9 Å². The average molecular weight is 413 g/mol. The van der Waals surface area contributed by atoms with Gasteiger partial charge in [0, 0.05) is 29.4 Å². The quantitative estimate of drug-likeness (QED) is 0.474. The minimum absolute atomic E-state index is 0.0612. The first kappa shape index (κ1) is 19.4. The predicted molar refractivity (Wildman–Crippen MR) is 101 cm³/mol. The van der Waals surface area contributed by atoms with Gasteiger partial charge < -0.3 is 10.4 Å². The van der Waals surface area contributed by atoms with E-state index in [0.717, 1.165) is 12.1 Å². The van der Waals surface area contributed by atoms with Crippen molar-refractivity contribution in [3.05, 3.63) is 71.9 Å². The van der Waals surface area contributed by atoms with Crippen molar-refractivity contribution in [2.75, 3.05) is 0 Å². The molecule has 0 bridgehead atoms. The molecule has 4 aromatic rings. The van der Waals surface area contributed by atoms with Crippen LogP contribution in [0.1, 0.15) is 21.7 Å². The van der Waals surface area contributed by atoms with Gasteiger partial charge in [-0.2, -0.15) is 18.3 Å². The number of alkyl halides is 3. The van der Waals surface area contributed by atoms with Crippen LogP contribution in [0.25, 0.3) is 22.0 Å². The van der Waals surface area contributed by atoms with E-state index >= 15 is 0 Å². The summed E-state index contributed by atoms with van der Waals surface area (Å²) in [5, 5.41) is 19.0. The summed E-state index contributed by atoms with van der Waals surface area (Å²) in [6.07, 6.45) is -0.397. The number of hydrogen-bond donors (Lipinski definition) is 3. The normalized spacial score (nSPS) is 11.6. The summed E-state index contributed by atoms with van der Waals surface area (Å²) < 4.78 is 41.2. The standard InChI is InChI=1S/C20H14F3N5O2/c21-20(22,23)15-6-11(12-8-26-27-9-12)5-14-17(29)7-16(28-18(14)15)19(30)25-10-13-3-1-2-4-24-13/h1-9H,10H2,(H,25,30)(H,26,27)(H,28,29). The fourth-order valence-electron chi connectivity index (χ4n) is 2.98. The summed E-state index contributed by atoms with van der Waals surface area (Å²) in [5.41, 5.74) is -0.732. The Bertz CT molecular complexity index is 1210. The van der Waals surface area contributed by atoms with Crippen LogP contribution in [0.15, 0.2) is 55.0 Å². The van der Waals surface area contributed by atoms with E-state index in [0.29, 0.717) is 11.3 Å². The number of fused-ring (bicyclic) bond motifs is 1. The van der Waals surface area contributed by atoms with Gasteiger partial charge in [0.1, 0.15) is 11.4 Å². The lowest BCUT2D eigenvalue weighted by Crippen LogP contribution is -2.24. The molecule has 30 heavy (non-hydrogen) atoms. The van der Waals surface area contributed by atoms with Crippen LogP contribution in [0.3, 0.4) is 0 Å². The molecular formula is C20H14F3N5O2. The molecule has 10 heteroatoms. The largest absolute Gasteiger partial charge is 0.507 e. The number of rotatable bonds is 4. The number of benzene rings is 1. The second-order valence-electron chi connectivity index (χ2n) is 6.44. The maximum absolute atomic E-state index is 13.7. The molecule has 0 aliphatic heterocycles. The number of nitrogens with zero attached hydrogens (tertiary/aromatic N) is 3. The molecule has 0 radical (unpaired) electrons. The van der Waals surface area contributed by atoms with Gasteiger partial charge in [0.25, 0.3) is 5.91 Å². The van der Waals surface area contributed by atoms with Crippen LogP contribution in [-0.4, -0.2) is 31.2 Å². The molecule has 0 atom stereocenters. The molecule has 152 valence electrons. The zero-order chi connectivity index (χ0) is 21.3. The summed E-state index contributed by atoms with van der Waals surface area (Å²) in [5.74, 6) is -1.22. The Labute approximate surface area is 167 Å². The van der Waals surface area contributed by atoms with Crippen LogP contribution in [0.2, 0.25) is 0 Å². The summed E-state index contributed by atoms with van der Waals surface area (Å²) in [6.45, 7) is 0.0612. The monoisotopic (exact) mass is 413 g/mol. The number of aromatic amines is 1. The predicted octanol–water partition coefficient (Wildman–Crippen LogP) is 3.67. The smallest absolute Gasteiger partial charge is 0.418 e. The number of H-pyrrole nitrogens is 1. The Morgan fingerprint density at radius 1 is 1.17 bits per heavy atom. The molecule has 0 fully saturated rings. The number of pyridine rings is 2. The molecule has 1 amide bonds. The zero-order valence-electron chi connectivity index (χ0n) is 15.2. The van der Waals surface area contributed by atoms with Crippen molar-refractivity contribution in [2.24, 2.45) is 0 Å². The molecule has 0 aliphatic carbocycles. The van der Waals surface area contributed by atoms with Crippen molar-refractivity contribution in [3.8, 4) is 16.9 Å². The van der Waals surface area contributed by atoms with E-state index in [1.54, 1.807) is 24.4 Å². The number of amides is 1. The lowest BCUT2D eigenvalue weighted by molar-refractivity contribution is -0.136. The van der Waals surface area contributed by atoms with Gasteiger partial charge in [-0.15, -0.1) is 0 Å². The summed E-state index contributed by atoms with van der Waals surface area (Å²) in [6, 6.07) is 8.45. The van der Waals surface area contributed by atoms with Crippen LogP contribution in [-0.2, 0) is 12.7 Å². The van der Waals surface area contributed by atoms with Crippen LogP contribution in [0.5, 0.6) is 5.75 Å². The topological polar surface area (TPSA) is 104 Å². The van der Waals surface area contributed by atoms with Gasteiger partial charge in [-0.05, 0) is 29.8 Å². The van der Waals surface area contributed by atoms with Crippen molar-refractivity contribution >= 4 is 16.8 Å². The van der Waals surface area contributed by atoms with Crippen molar-refractivity contribution < 1.29 is 23.1 Å². The van der Waals surface area contributed by atoms with Crippen molar-refractivity contribution in [1.29, 1.82) is 0 Å². The minimum Gasteiger partial charge on any atom is -0.507 e. The van der Waals surface area contributed by atoms with Crippen molar-refractivity contribution in [2.45, 2.75) is 12.7 Å². The molecule has 0 aliphatic rings. The number of nitrogens with one attached hydrogen (secondary N) is 2. The molecule has 0 saturated heterocycles. The number of carbonyl (C=O) groups excluding carboxylic acids is 1. The first-order valence-electron chi connectivity index (χ1n) is 8.75. The molecule has 3 heterocycles. The van der Waals surface area contributed by atoms with E-state index in [9.17, 15) is 23.1 Å². The molecule has 7 nitrogen and oxygen atoms in total. The average Bonchev–Trinajstić information content (AvgIpc) is 3.26. The Kier molecular flexibility index (Phi) is 4.82. The number of carbonyl (C=O) groups is 1. The summed E-state index contributed by atoms with van der Waals surface area (Å²) in [4.78, 5) is 20.4. The third kappa shape index (κ3) is 3.79. The highest BCUT2D eigenvalue weighted by atomic mass is 19.4. The highest BCUT2D eigenvalue weighted by Gasteiger charge is 2.35. The van der Waals surface area contributed by atoms with E-state index in [4.69, 9.17) is 0 Å². The lowest BCUT2D eigenvalue weighted by Gasteiger charge is -2.14. The molecule has 0 saturated carbocycles. The van der Waals surface area contributed by atoms with Gasteiger partial charge in [-0.1, -0.05) is 6.07 Å². The van der Waals surface area contributed by atoms with E-state index in [1.807, 2.05) is 0 Å². The number of halogens is 3. The second kappa shape index (κ2) is 7.47. The first-order chi connectivity index (χ1) is 14.3. The molecular weight excluding hydrogens is 399 g/mol. The number of aromatic nitrogens is 4. The third-order valence-electron chi connectivity index (χ3n) is 4.42. The zero-order valence-corrected chi connectivity index (χ0v) is 15.2. The van der Waals surface area contributed by atoms with Crippen LogP contribution in [0.4, 0.5) is 13.2 Å². The SMILES string of the molecule is O=C(NCc1ccccn1)c1cc(O)c2cc(-c3cn[nH]c3)cc(C(F)(F)F)c2n1. The fraction of sp³-hybridized carbons (Fsp3) is 0.100. The number of hydrogen-bond acceptors (Lipinski definition) is 5. The summed E-state index contributed by atoms with van der Waals surface area (Å²) in [7, 11) is 0. The Balaban J connectivity index is 1.77. The van der Waals surface area contributed by atoms with Crippen LogP contribution < -0.4 is 5.32 Å². The molecule has 1 aromatic carbocycles. The molecule has 3 N–H and O–H groups in total. The van der Waals surface area contributed by atoms with E-state index in [2.05, 4.69) is 25.5 Å². The Morgan fingerprint density at radius 2 is 2.00 bits per heavy atom. The van der Waals surface area contributed by atoms with Gasteiger partial charge in [-0.3, -0.25) is 14.9 Å². The van der Waals surface area contributed by atoms with Crippen molar-refractivity contribution in [3.63, 3.8) is 0 Å². The van der Waals surface area contributed by atoms with Crippen molar-refractivity contribution in [1.82, 2.24) is 25.5 Å².